The number of rotatable bonds is 8. The molecule has 2 aliphatic rings. The Bertz CT molecular complexity index is 1590. The van der Waals surface area contributed by atoms with Gasteiger partial charge in [-0.1, -0.05) is 42.5 Å². The number of aromatic nitrogens is 1. The number of nitrogens with one attached hydrogen (secondary N) is 1. The standard InChI is InChI=1S/C29H24F5N3O5/c1-15-7-8-23(42-29(33)34)22-13-36(15)28(40)24-26(41-14-16-5-3-2-4-6-16)25(38)19(12-37(22)24)27(39)35-11-18-20(31)9-17(30)10-21(18)32/h2-10,12,15,22-23,29H,11,13-14H2,1H3,(H,35,39)/t15-,22?,23-/m0/s1. The summed E-state index contributed by atoms with van der Waals surface area (Å²) in [6, 6.07) is 7.96. The van der Waals surface area contributed by atoms with Crippen LogP contribution in [0.15, 0.2) is 65.6 Å². The van der Waals surface area contributed by atoms with Crippen molar-refractivity contribution in [1.82, 2.24) is 14.8 Å². The quantitative estimate of drug-likeness (QED) is 0.312. The van der Waals surface area contributed by atoms with Gasteiger partial charge >= 0.3 is 6.61 Å². The Kier molecular flexibility index (Phi) is 8.12. The van der Waals surface area contributed by atoms with Crippen molar-refractivity contribution in [3.05, 3.63) is 111 Å². The maximum Gasteiger partial charge on any atom is 0.345 e. The molecular weight excluding hydrogens is 565 g/mol. The van der Waals surface area contributed by atoms with Gasteiger partial charge in [-0.15, -0.1) is 0 Å². The third-order valence-corrected chi connectivity index (χ3v) is 7.11. The van der Waals surface area contributed by atoms with Crippen LogP contribution in [0.2, 0.25) is 0 Å². The van der Waals surface area contributed by atoms with Crippen molar-refractivity contribution in [3.8, 4) is 5.75 Å². The molecule has 1 N–H and O–H groups in total. The molecule has 0 fully saturated rings. The van der Waals surface area contributed by atoms with Crippen LogP contribution in [0.5, 0.6) is 5.75 Å². The number of alkyl halides is 2. The van der Waals surface area contributed by atoms with Gasteiger partial charge in [-0.2, -0.15) is 8.78 Å². The largest absolute Gasteiger partial charge is 0.483 e. The van der Waals surface area contributed by atoms with Crippen LogP contribution in [0.1, 0.15) is 44.9 Å². The summed E-state index contributed by atoms with van der Waals surface area (Å²) in [5, 5.41) is 2.22. The third kappa shape index (κ3) is 5.64. The van der Waals surface area contributed by atoms with Gasteiger partial charge in [0.05, 0.1) is 6.04 Å². The fourth-order valence-electron chi connectivity index (χ4n) is 4.99. The highest BCUT2D eigenvalue weighted by atomic mass is 19.3. The van der Waals surface area contributed by atoms with E-state index in [1.165, 1.54) is 21.6 Å². The zero-order valence-electron chi connectivity index (χ0n) is 22.0. The molecule has 3 aromatic rings. The van der Waals surface area contributed by atoms with Crippen molar-refractivity contribution in [2.24, 2.45) is 0 Å². The Morgan fingerprint density at radius 2 is 1.76 bits per heavy atom. The van der Waals surface area contributed by atoms with Gasteiger partial charge in [-0.05, 0) is 12.5 Å². The summed E-state index contributed by atoms with van der Waals surface area (Å²) in [7, 11) is 0. The molecule has 0 aliphatic carbocycles. The maximum absolute atomic E-state index is 14.2. The number of halogens is 5. The van der Waals surface area contributed by atoms with E-state index in [9.17, 15) is 36.3 Å². The van der Waals surface area contributed by atoms with Crippen molar-refractivity contribution in [1.29, 1.82) is 0 Å². The molecule has 2 aromatic carbocycles. The minimum atomic E-state index is -3.17. The van der Waals surface area contributed by atoms with Crippen molar-refractivity contribution in [3.63, 3.8) is 0 Å². The molecule has 2 bridgehead atoms. The Hall–Kier alpha value is -4.52. The van der Waals surface area contributed by atoms with E-state index >= 15 is 0 Å². The summed E-state index contributed by atoms with van der Waals surface area (Å²) >= 11 is 0. The minimum absolute atomic E-state index is 0.0918. The molecule has 13 heteroatoms. The normalized spacial score (nSPS) is 19.5. The smallest absolute Gasteiger partial charge is 0.345 e. The number of fused-ring (bicyclic) bond motifs is 4. The Morgan fingerprint density at radius 1 is 1.07 bits per heavy atom. The number of ether oxygens (including phenoxy) is 2. The van der Waals surface area contributed by atoms with Crippen molar-refractivity contribution >= 4 is 11.8 Å². The lowest BCUT2D eigenvalue weighted by atomic mass is 10.0. The Balaban J connectivity index is 1.59. The van der Waals surface area contributed by atoms with Gasteiger partial charge in [0.25, 0.3) is 11.8 Å². The topological polar surface area (TPSA) is 89.9 Å². The summed E-state index contributed by atoms with van der Waals surface area (Å²) < 4.78 is 80.2. The van der Waals surface area contributed by atoms with E-state index in [4.69, 9.17) is 9.47 Å². The highest BCUT2D eigenvalue weighted by Crippen LogP contribution is 2.34. The van der Waals surface area contributed by atoms with Crippen LogP contribution in [0.3, 0.4) is 0 Å². The molecular formula is C29H24F5N3O5. The van der Waals surface area contributed by atoms with Crippen molar-refractivity contribution < 1.29 is 41.0 Å². The van der Waals surface area contributed by atoms with Gasteiger partial charge < -0.3 is 24.3 Å². The maximum atomic E-state index is 14.2. The summed E-state index contributed by atoms with van der Waals surface area (Å²) in [4.78, 5) is 41.9. The lowest BCUT2D eigenvalue weighted by molar-refractivity contribution is -0.161. The van der Waals surface area contributed by atoms with E-state index < -0.39 is 82.9 Å². The number of hydrogen-bond donors (Lipinski definition) is 1. The summed E-state index contributed by atoms with van der Waals surface area (Å²) in [5.74, 6) is -5.89. The van der Waals surface area contributed by atoms with Crippen LogP contribution >= 0.6 is 0 Å². The van der Waals surface area contributed by atoms with E-state index in [2.05, 4.69) is 5.32 Å². The molecule has 220 valence electrons. The van der Waals surface area contributed by atoms with Gasteiger partial charge in [0.1, 0.15) is 35.7 Å². The lowest BCUT2D eigenvalue weighted by Gasteiger charge is -2.39. The molecule has 0 saturated heterocycles. The first kappa shape index (κ1) is 29.0. The molecule has 2 aliphatic heterocycles. The van der Waals surface area contributed by atoms with Crippen molar-refractivity contribution in [2.45, 2.75) is 44.9 Å². The van der Waals surface area contributed by atoms with Gasteiger partial charge in [0, 0.05) is 43.0 Å². The fraction of sp³-hybridized carbons (Fsp3) is 0.276. The van der Waals surface area contributed by atoms with Crippen LogP contribution in [0.25, 0.3) is 0 Å². The molecule has 42 heavy (non-hydrogen) atoms. The molecule has 8 nitrogen and oxygen atoms in total. The third-order valence-electron chi connectivity index (χ3n) is 7.11. The first-order chi connectivity index (χ1) is 20.0. The van der Waals surface area contributed by atoms with Crippen LogP contribution < -0.4 is 15.5 Å². The Labute approximate surface area is 236 Å². The van der Waals surface area contributed by atoms with Gasteiger partial charge in [0.2, 0.25) is 5.43 Å². The molecule has 3 atom stereocenters. The number of pyridine rings is 1. The molecule has 3 heterocycles. The van der Waals surface area contributed by atoms with Crippen LogP contribution in [-0.2, 0) is 17.9 Å². The highest BCUT2D eigenvalue weighted by molar-refractivity contribution is 5.99. The number of benzene rings is 2. The highest BCUT2D eigenvalue weighted by Gasteiger charge is 2.42. The number of amides is 2. The molecule has 5 rings (SSSR count). The minimum Gasteiger partial charge on any atom is -0.483 e. The van der Waals surface area contributed by atoms with E-state index in [0.717, 1.165) is 6.20 Å². The second kappa shape index (κ2) is 11.8. The van der Waals surface area contributed by atoms with Gasteiger partial charge in [0.15, 0.2) is 11.4 Å². The molecule has 2 amide bonds. The zero-order chi connectivity index (χ0) is 30.1. The van der Waals surface area contributed by atoms with E-state index in [0.29, 0.717) is 17.7 Å². The van der Waals surface area contributed by atoms with Crippen LogP contribution in [0, 0.1) is 17.5 Å². The number of carbonyl (C=O) groups is 2. The van der Waals surface area contributed by atoms with Crippen molar-refractivity contribution in [2.75, 3.05) is 6.54 Å². The lowest BCUT2D eigenvalue weighted by Crippen LogP contribution is -2.50. The number of nitrogens with zero attached hydrogens (tertiary/aromatic N) is 2. The van der Waals surface area contributed by atoms with E-state index in [-0.39, 0.29) is 18.8 Å². The first-order valence-electron chi connectivity index (χ1n) is 12.9. The summed E-state index contributed by atoms with van der Waals surface area (Å²) in [6.07, 6.45) is 2.67. The number of carbonyl (C=O) groups excluding carboxylic acids is 2. The average molecular weight is 590 g/mol. The van der Waals surface area contributed by atoms with E-state index in [1.54, 1.807) is 37.3 Å². The zero-order valence-corrected chi connectivity index (χ0v) is 22.0. The fourth-order valence-corrected chi connectivity index (χ4v) is 4.99. The van der Waals surface area contributed by atoms with Gasteiger partial charge in [-0.25, -0.2) is 13.2 Å². The molecule has 1 aromatic heterocycles. The van der Waals surface area contributed by atoms with Gasteiger partial charge in [-0.3, -0.25) is 14.4 Å². The second-order valence-corrected chi connectivity index (χ2v) is 9.77. The van der Waals surface area contributed by atoms with E-state index in [1.807, 2.05) is 0 Å². The summed E-state index contributed by atoms with van der Waals surface area (Å²) in [6.45, 7) is -2.51. The second-order valence-electron chi connectivity index (χ2n) is 9.77. The molecule has 0 radical (unpaired) electrons. The van der Waals surface area contributed by atoms with Crippen LogP contribution in [-0.4, -0.2) is 46.6 Å². The molecule has 0 saturated carbocycles. The number of hydrogen-bond acceptors (Lipinski definition) is 5. The summed E-state index contributed by atoms with van der Waals surface area (Å²) in [5.41, 5.74) is -1.87. The average Bonchev–Trinajstić information content (AvgIpc) is 3.07. The van der Waals surface area contributed by atoms with Crippen LogP contribution in [0.4, 0.5) is 22.0 Å². The SMILES string of the molecule is C[C@H]1C=C[C@H](OC(F)F)C2CN1C(=O)c1c(OCc3ccccc3)c(=O)c(C(=O)NCc3c(F)cc(F)cc3F)cn12. The predicted octanol–water partition coefficient (Wildman–Crippen LogP) is 4.34. The predicted molar refractivity (Wildman–Crippen MR) is 139 cm³/mol. The Morgan fingerprint density at radius 3 is 2.43 bits per heavy atom. The first-order valence-corrected chi connectivity index (χ1v) is 12.9. The monoisotopic (exact) mass is 589 g/mol. The molecule has 0 spiro atoms. The molecule has 1 unspecified atom stereocenters.